The largest absolute Gasteiger partial charge is 0.534 e. The third-order valence-electron chi connectivity index (χ3n) is 7.84. The second kappa shape index (κ2) is 6.06. The average molecular weight is 461 g/mol. The summed E-state index contributed by atoms with van der Waals surface area (Å²) >= 11 is 0. The molecule has 7 nitrogen and oxygen atoms in total. The van der Waals surface area contributed by atoms with Gasteiger partial charge in [0.2, 0.25) is 5.79 Å². The maximum absolute atomic E-state index is 13.0. The van der Waals surface area contributed by atoms with Gasteiger partial charge in [-0.1, -0.05) is 6.07 Å². The van der Waals surface area contributed by atoms with E-state index >= 15 is 0 Å². The van der Waals surface area contributed by atoms with E-state index in [9.17, 15) is 21.6 Å². The van der Waals surface area contributed by atoms with Gasteiger partial charge in [-0.25, -0.2) is 0 Å². The van der Waals surface area contributed by atoms with Crippen molar-refractivity contribution in [3.63, 3.8) is 0 Å². The van der Waals surface area contributed by atoms with E-state index in [1.807, 2.05) is 0 Å². The van der Waals surface area contributed by atoms with E-state index in [1.165, 1.54) is 6.07 Å². The van der Waals surface area contributed by atoms with E-state index < -0.39 is 38.7 Å². The summed E-state index contributed by atoms with van der Waals surface area (Å²) in [6.45, 7) is 1.62. The zero-order chi connectivity index (χ0) is 21.8. The number of nitrogens with zero attached hydrogens (tertiary/aromatic N) is 1. The fraction of sp³-hybridized carbons (Fsp3) is 0.700. The van der Waals surface area contributed by atoms with Gasteiger partial charge in [-0.15, -0.1) is 0 Å². The molecule has 0 radical (unpaired) electrons. The van der Waals surface area contributed by atoms with Gasteiger partial charge in [0.25, 0.3) is 0 Å². The summed E-state index contributed by atoms with van der Waals surface area (Å²) in [5.74, 6) is -1.11. The molecule has 1 aromatic carbocycles. The molecule has 1 saturated carbocycles. The van der Waals surface area contributed by atoms with Crippen molar-refractivity contribution >= 4 is 10.1 Å². The van der Waals surface area contributed by atoms with Crippen LogP contribution in [0.5, 0.6) is 11.5 Å². The Kier molecular flexibility index (Phi) is 3.93. The zero-order valence-corrected chi connectivity index (χ0v) is 17.6. The number of fused-ring (bicyclic) bond motifs is 1. The highest BCUT2D eigenvalue weighted by Crippen LogP contribution is 2.66. The second-order valence-electron chi connectivity index (χ2n) is 9.10. The molecule has 0 N–H and O–H groups in total. The van der Waals surface area contributed by atoms with E-state index in [4.69, 9.17) is 14.2 Å². The van der Waals surface area contributed by atoms with E-state index in [0.717, 1.165) is 36.9 Å². The van der Waals surface area contributed by atoms with E-state index in [-0.39, 0.29) is 17.7 Å². The summed E-state index contributed by atoms with van der Waals surface area (Å²) in [5, 5.41) is 0. The summed E-state index contributed by atoms with van der Waals surface area (Å²) < 4.78 is 85.5. The number of alkyl halides is 3. The van der Waals surface area contributed by atoms with Gasteiger partial charge in [-0.05, 0) is 50.4 Å². The molecular formula is C20H22F3NO6S. The molecule has 3 fully saturated rings. The maximum Gasteiger partial charge on any atom is 0.534 e. The Morgan fingerprint density at radius 3 is 2.65 bits per heavy atom. The average Bonchev–Trinajstić information content (AvgIpc) is 3.30. The fourth-order valence-corrected chi connectivity index (χ4v) is 7.16. The van der Waals surface area contributed by atoms with Gasteiger partial charge in [0.15, 0.2) is 17.6 Å². The van der Waals surface area contributed by atoms with Gasteiger partial charge in [-0.2, -0.15) is 21.6 Å². The number of halogens is 3. The van der Waals surface area contributed by atoms with Crippen LogP contribution in [0.1, 0.15) is 30.4 Å². The number of hydrogen-bond donors (Lipinski definition) is 0. The lowest BCUT2D eigenvalue weighted by molar-refractivity contribution is -0.260. The van der Waals surface area contributed by atoms with Crippen molar-refractivity contribution in [3.05, 3.63) is 23.3 Å². The minimum Gasteiger partial charge on any atom is -0.480 e. The summed E-state index contributed by atoms with van der Waals surface area (Å²) in [7, 11) is -3.73. The first kappa shape index (κ1) is 20.1. The number of ether oxygens (including phenoxy) is 3. The smallest absolute Gasteiger partial charge is 0.480 e. The normalized spacial score (nSPS) is 35.7. The summed E-state index contributed by atoms with van der Waals surface area (Å²) in [6.07, 6.45) is 2.33. The van der Waals surface area contributed by atoms with Crippen LogP contribution in [0.2, 0.25) is 0 Å². The van der Waals surface area contributed by atoms with Crippen LogP contribution in [0, 0.1) is 5.92 Å². The van der Waals surface area contributed by atoms with Crippen LogP contribution in [-0.2, 0) is 31.4 Å². The van der Waals surface area contributed by atoms with Gasteiger partial charge in [0.05, 0.1) is 13.2 Å². The molecule has 3 heterocycles. The van der Waals surface area contributed by atoms with Gasteiger partial charge < -0.3 is 23.3 Å². The summed E-state index contributed by atoms with van der Waals surface area (Å²) in [6, 6.07) is 3.21. The highest BCUT2D eigenvalue weighted by atomic mass is 32.2. The first-order valence-electron chi connectivity index (χ1n) is 10.4. The van der Waals surface area contributed by atoms with Crippen LogP contribution in [0.25, 0.3) is 0 Å². The van der Waals surface area contributed by atoms with Gasteiger partial charge in [0.1, 0.15) is 0 Å². The zero-order valence-electron chi connectivity index (χ0n) is 16.8. The van der Waals surface area contributed by atoms with Crippen LogP contribution in [0.15, 0.2) is 12.1 Å². The first-order valence-corrected chi connectivity index (χ1v) is 11.8. The number of benzene rings is 1. The lowest BCUT2D eigenvalue weighted by Crippen LogP contribution is -2.69. The molecule has 11 heteroatoms. The number of likely N-dealkylation sites (N-methyl/N-ethyl adjacent to an activating group) is 1. The van der Waals surface area contributed by atoms with Gasteiger partial charge in [0, 0.05) is 23.4 Å². The quantitative estimate of drug-likeness (QED) is 0.494. The van der Waals surface area contributed by atoms with Crippen molar-refractivity contribution in [2.75, 3.05) is 26.8 Å². The van der Waals surface area contributed by atoms with E-state index in [1.54, 1.807) is 6.07 Å². The number of rotatable bonds is 2. The molecule has 2 bridgehead atoms. The standard InChI is InChI=1S/C20H22F3NO6S/c1-24-7-6-18-12-4-5-19(27-8-9-28-19)17(18)29-16-14(30-31(25,26)20(21,22)23)3-2-11(15(16)18)10-13(12)24/h2-3,12-13,17H,4-10H2,1H3/t12-,13+,17+,18+/m0/s1. The van der Waals surface area contributed by atoms with Crippen molar-refractivity contribution in [3.8, 4) is 11.5 Å². The van der Waals surface area contributed by atoms with Crippen molar-refractivity contribution in [1.29, 1.82) is 0 Å². The third-order valence-corrected chi connectivity index (χ3v) is 8.80. The number of hydrogen-bond acceptors (Lipinski definition) is 7. The van der Waals surface area contributed by atoms with Crippen molar-refractivity contribution in [2.45, 2.75) is 54.5 Å². The Labute approximate surface area is 177 Å². The maximum atomic E-state index is 13.0. The molecule has 5 aliphatic rings. The highest BCUT2D eigenvalue weighted by Gasteiger charge is 2.71. The second-order valence-corrected chi connectivity index (χ2v) is 10.6. The number of likely N-dealkylation sites (tertiary alicyclic amines) is 1. The molecule has 3 aliphatic heterocycles. The SMILES string of the molecule is CN1CC[C@@]23c4c5ccc(OS(=O)(=O)C(F)(F)F)c4O[C@H]2C2(CC[C@H]3[C@H]1C5)OCCO2. The molecule has 6 rings (SSSR count). The fourth-order valence-electron chi connectivity index (χ4n) is 6.70. The molecular weight excluding hydrogens is 439 g/mol. The van der Waals surface area contributed by atoms with Crippen molar-refractivity contribution < 1.29 is 40.0 Å². The first-order chi connectivity index (χ1) is 14.6. The molecule has 1 aromatic rings. The lowest BCUT2D eigenvalue weighted by Gasteiger charge is -2.60. The third kappa shape index (κ3) is 2.43. The van der Waals surface area contributed by atoms with E-state index in [0.29, 0.717) is 19.6 Å². The Morgan fingerprint density at radius 2 is 1.94 bits per heavy atom. The topological polar surface area (TPSA) is 74.3 Å². The minimum atomic E-state index is -5.82. The van der Waals surface area contributed by atoms with Crippen LogP contribution in [0.4, 0.5) is 13.2 Å². The lowest BCUT2D eigenvalue weighted by atomic mass is 9.50. The molecule has 2 aliphatic carbocycles. The van der Waals surface area contributed by atoms with Crippen molar-refractivity contribution in [1.82, 2.24) is 4.90 Å². The predicted octanol–water partition coefficient (Wildman–Crippen LogP) is 2.33. The van der Waals surface area contributed by atoms with Gasteiger partial charge >= 0.3 is 15.6 Å². The molecule has 170 valence electrons. The Bertz CT molecular complexity index is 1050. The molecule has 2 saturated heterocycles. The summed E-state index contributed by atoms with van der Waals surface area (Å²) in [5.41, 5.74) is -4.30. The Balaban J connectivity index is 1.54. The predicted molar refractivity (Wildman–Crippen MR) is 100 cm³/mol. The molecule has 0 amide bonds. The number of piperidine rings is 1. The van der Waals surface area contributed by atoms with Crippen LogP contribution < -0.4 is 8.92 Å². The molecule has 4 atom stereocenters. The van der Waals surface area contributed by atoms with Gasteiger partial charge in [-0.3, -0.25) is 0 Å². The Morgan fingerprint density at radius 1 is 1.19 bits per heavy atom. The molecule has 0 unspecified atom stereocenters. The summed E-state index contributed by atoms with van der Waals surface area (Å²) in [4.78, 5) is 2.33. The molecule has 31 heavy (non-hydrogen) atoms. The van der Waals surface area contributed by atoms with Crippen LogP contribution in [-0.4, -0.2) is 63.6 Å². The van der Waals surface area contributed by atoms with Crippen LogP contribution in [0.3, 0.4) is 0 Å². The monoisotopic (exact) mass is 461 g/mol. The molecule has 2 spiro atoms. The highest BCUT2D eigenvalue weighted by molar-refractivity contribution is 7.88. The Hall–Kier alpha value is -1.56. The van der Waals surface area contributed by atoms with Crippen molar-refractivity contribution in [2.24, 2.45) is 5.92 Å². The minimum absolute atomic E-state index is 0.0868. The van der Waals surface area contributed by atoms with E-state index in [2.05, 4.69) is 16.1 Å². The molecule has 0 aromatic heterocycles. The van der Waals surface area contributed by atoms with Crippen LogP contribution >= 0.6 is 0 Å².